The van der Waals surface area contributed by atoms with E-state index >= 15 is 0 Å². The van der Waals surface area contributed by atoms with Crippen LogP contribution in [0.15, 0.2) is 0 Å². The minimum absolute atomic E-state index is 1.26. The zero-order chi connectivity index (χ0) is 5.49. The van der Waals surface area contributed by atoms with Gasteiger partial charge in [0, 0.05) is 6.66 Å². The van der Waals surface area contributed by atoms with Gasteiger partial charge in [-0.05, 0) is 0 Å². The van der Waals surface area contributed by atoms with E-state index in [1.54, 1.807) is 0 Å². The third-order valence-corrected chi connectivity index (χ3v) is 3.53. The summed E-state index contributed by atoms with van der Waals surface area (Å²) in [6, 6.07) is 0. The Bertz CT molecular complexity index is 140. The number of rotatable bonds is 0. The van der Waals surface area contributed by atoms with Crippen LogP contribution in [0.2, 0.25) is 0 Å². The zero-order valence-corrected chi connectivity index (χ0v) is 5.20. The van der Waals surface area contributed by atoms with Gasteiger partial charge in [-0.3, -0.25) is 4.57 Å². The molecule has 4 nitrogen and oxygen atoms in total. The average Bonchev–Trinajstić information content (AvgIpc) is 1.27. The lowest BCUT2D eigenvalue weighted by Gasteiger charge is -2.17. The van der Waals surface area contributed by atoms with Crippen molar-refractivity contribution in [3.05, 3.63) is 0 Å². The molecule has 0 radical (unpaired) electrons. The molecule has 0 spiro atoms. The van der Waals surface area contributed by atoms with Crippen LogP contribution in [0, 0.1) is 0 Å². The molecule has 0 bridgehead atoms. The second-order valence-corrected chi connectivity index (χ2v) is 4.27. The minimum atomic E-state index is -2.82. The van der Waals surface area contributed by atoms with Crippen molar-refractivity contribution in [2.24, 2.45) is 0 Å². The van der Waals surface area contributed by atoms with Crippen LogP contribution < -0.4 is 0 Å². The zero-order valence-electron chi connectivity index (χ0n) is 3.49. The molecule has 0 saturated carbocycles. The molecule has 0 aromatic carbocycles. The first-order chi connectivity index (χ1) is 3.10. The molecule has 0 atom stereocenters. The highest BCUT2D eigenvalue weighted by Gasteiger charge is 2.36. The van der Waals surface area contributed by atoms with E-state index in [9.17, 15) is 8.77 Å². The van der Waals surface area contributed by atoms with E-state index in [0.717, 1.165) is 0 Å². The van der Waals surface area contributed by atoms with E-state index in [2.05, 4.69) is 7.94 Å². The molecular weight excluding hydrogens is 139 g/mol. The molecule has 1 saturated heterocycles. The van der Waals surface area contributed by atoms with Gasteiger partial charge in [0.25, 0.3) is 0 Å². The van der Waals surface area contributed by atoms with E-state index in [0.29, 0.717) is 0 Å². The molecule has 1 aliphatic heterocycles. The Balaban J connectivity index is 2.60. The molecule has 0 unspecified atom stereocenters. The molecule has 0 aromatic rings. The maximum absolute atomic E-state index is 10.2. The third-order valence-electron chi connectivity index (χ3n) is 0.393. The topological polar surface area (TPSA) is 52.6 Å². The lowest BCUT2D eigenvalue weighted by atomic mass is 12.0. The summed E-state index contributed by atoms with van der Waals surface area (Å²) in [6.07, 6.45) is 0. The molecule has 0 aliphatic carbocycles. The van der Waals surface area contributed by atoms with E-state index < -0.39 is 19.0 Å². The Morgan fingerprint density at radius 3 is 2.00 bits per heavy atom. The molecule has 1 aliphatic rings. The van der Waals surface area contributed by atoms with Gasteiger partial charge in [0.2, 0.25) is 0 Å². The van der Waals surface area contributed by atoms with Crippen LogP contribution in [-0.4, -0.2) is 10.9 Å². The summed E-state index contributed by atoms with van der Waals surface area (Å²) in [7, 11) is -2.82. The normalized spacial score (nSPS) is 50.7. The van der Waals surface area contributed by atoms with Crippen molar-refractivity contribution in [3.63, 3.8) is 0 Å². The average molecular weight is 142 g/mol. The Morgan fingerprint density at radius 1 is 1.57 bits per heavy atom. The largest absolute Gasteiger partial charge is 0.356 e. The number of hydrogen-bond acceptors (Lipinski definition) is 4. The predicted molar refractivity (Wildman–Crippen MR) is 23.8 cm³/mol. The predicted octanol–water partition coefficient (Wildman–Crippen LogP) is 0.435. The van der Waals surface area contributed by atoms with Crippen molar-refractivity contribution < 1.29 is 16.7 Å². The summed E-state index contributed by atoms with van der Waals surface area (Å²) < 4.78 is 28.3. The van der Waals surface area contributed by atoms with Crippen LogP contribution in [-0.2, 0) is 23.9 Å². The second kappa shape index (κ2) is 1.39. The lowest BCUT2D eigenvalue weighted by molar-refractivity contribution is 0.332. The monoisotopic (exact) mass is 142 g/mol. The SMILES string of the molecule is CP1(=O)OS(=O)O1. The van der Waals surface area contributed by atoms with Gasteiger partial charge >= 0.3 is 19.0 Å². The standard InChI is InChI=1S/CH3O4PS/c1-6(2)4-7(3)5-6/h1H3. The van der Waals surface area contributed by atoms with Gasteiger partial charge in [-0.25, -0.2) is 0 Å². The third kappa shape index (κ3) is 1.10. The van der Waals surface area contributed by atoms with Gasteiger partial charge in [-0.1, -0.05) is 0 Å². The molecule has 1 heterocycles. The first kappa shape index (κ1) is 5.44. The van der Waals surface area contributed by atoms with E-state index in [1.807, 2.05) is 0 Å². The Morgan fingerprint density at radius 2 is 2.00 bits per heavy atom. The van der Waals surface area contributed by atoms with Crippen molar-refractivity contribution in [3.8, 4) is 0 Å². The summed E-state index contributed by atoms with van der Waals surface area (Å²) in [5, 5.41) is 0. The Kier molecular flexibility index (Phi) is 1.08. The molecule has 1 rings (SSSR count). The maximum Gasteiger partial charge on any atom is 0.356 e. The van der Waals surface area contributed by atoms with Gasteiger partial charge in [0.15, 0.2) is 0 Å². The summed E-state index contributed by atoms with van der Waals surface area (Å²) >= 11 is -1.72. The quantitative estimate of drug-likeness (QED) is 0.460. The lowest BCUT2D eigenvalue weighted by Crippen LogP contribution is -2.09. The van der Waals surface area contributed by atoms with Crippen molar-refractivity contribution in [2.45, 2.75) is 0 Å². The van der Waals surface area contributed by atoms with E-state index in [4.69, 9.17) is 0 Å². The summed E-state index contributed by atoms with van der Waals surface area (Å²) in [5.41, 5.74) is 0. The Labute approximate surface area is 43.2 Å². The highest BCUT2D eigenvalue weighted by atomic mass is 32.2. The molecule has 1 fully saturated rings. The summed E-state index contributed by atoms with van der Waals surface area (Å²) in [5.74, 6) is 0. The molecular formula is CH3O4PS. The maximum atomic E-state index is 10.2. The molecule has 0 N–H and O–H groups in total. The number of hydrogen-bond donors (Lipinski definition) is 0. The smallest absolute Gasteiger partial charge is 0.258 e. The first-order valence-corrected chi connectivity index (χ1v) is 4.48. The fourth-order valence-electron chi connectivity index (χ4n) is 0.227. The highest BCUT2D eigenvalue weighted by molar-refractivity contribution is 7.92. The molecule has 0 aromatic heterocycles. The van der Waals surface area contributed by atoms with Crippen LogP contribution in [0.3, 0.4) is 0 Å². The molecule has 7 heavy (non-hydrogen) atoms. The Hall–Kier alpha value is 0.300. The van der Waals surface area contributed by atoms with Crippen LogP contribution in [0.1, 0.15) is 0 Å². The van der Waals surface area contributed by atoms with E-state index in [-0.39, 0.29) is 0 Å². The first-order valence-electron chi connectivity index (χ1n) is 1.49. The summed E-state index contributed by atoms with van der Waals surface area (Å²) in [6.45, 7) is 1.26. The van der Waals surface area contributed by atoms with Crippen molar-refractivity contribution in [1.29, 1.82) is 0 Å². The minimum Gasteiger partial charge on any atom is -0.258 e. The van der Waals surface area contributed by atoms with E-state index in [1.165, 1.54) is 6.66 Å². The van der Waals surface area contributed by atoms with Crippen LogP contribution in [0.25, 0.3) is 0 Å². The van der Waals surface area contributed by atoms with Gasteiger partial charge in [0.05, 0.1) is 0 Å². The van der Waals surface area contributed by atoms with Crippen LogP contribution in [0.5, 0.6) is 0 Å². The summed E-state index contributed by atoms with van der Waals surface area (Å²) in [4.78, 5) is 0. The van der Waals surface area contributed by atoms with Crippen LogP contribution in [0.4, 0.5) is 0 Å². The fraction of sp³-hybridized carbons (Fsp3) is 1.00. The molecule has 0 amide bonds. The highest BCUT2D eigenvalue weighted by Crippen LogP contribution is 2.55. The van der Waals surface area contributed by atoms with Gasteiger partial charge in [0.1, 0.15) is 0 Å². The van der Waals surface area contributed by atoms with Crippen LogP contribution >= 0.6 is 7.60 Å². The van der Waals surface area contributed by atoms with Crippen molar-refractivity contribution >= 4 is 19.0 Å². The van der Waals surface area contributed by atoms with Gasteiger partial charge < -0.3 is 0 Å². The molecule has 6 heteroatoms. The van der Waals surface area contributed by atoms with Gasteiger partial charge in [-0.15, -0.1) is 0 Å². The molecule has 42 valence electrons. The second-order valence-electron chi connectivity index (χ2n) is 1.12. The van der Waals surface area contributed by atoms with Crippen molar-refractivity contribution in [2.75, 3.05) is 6.66 Å². The van der Waals surface area contributed by atoms with Gasteiger partial charge in [-0.2, -0.15) is 12.1 Å². The fourth-order valence-corrected chi connectivity index (χ4v) is 2.04. The van der Waals surface area contributed by atoms with Crippen molar-refractivity contribution in [1.82, 2.24) is 0 Å².